The van der Waals surface area contributed by atoms with Crippen molar-refractivity contribution in [1.29, 1.82) is 0 Å². The zero-order valence-electron chi connectivity index (χ0n) is 20.3. The third-order valence-corrected chi connectivity index (χ3v) is 7.07. The van der Waals surface area contributed by atoms with Gasteiger partial charge in [0, 0.05) is 38.3 Å². The topological polar surface area (TPSA) is 45.7 Å². The van der Waals surface area contributed by atoms with Crippen LogP contribution in [0.3, 0.4) is 0 Å². The third kappa shape index (κ3) is 4.20. The second kappa shape index (κ2) is 9.36. The van der Waals surface area contributed by atoms with E-state index in [-0.39, 0.29) is 23.7 Å². The van der Waals surface area contributed by atoms with E-state index < -0.39 is 0 Å². The number of nitrogens with zero attached hydrogens (tertiary/aromatic N) is 5. The minimum atomic E-state index is -0.0707. The molecule has 0 N–H and O–H groups in total. The van der Waals surface area contributed by atoms with Crippen molar-refractivity contribution < 1.29 is 0 Å². The van der Waals surface area contributed by atoms with Crippen LogP contribution in [-0.2, 0) is 7.05 Å². The fourth-order valence-electron chi connectivity index (χ4n) is 5.28. The van der Waals surface area contributed by atoms with Gasteiger partial charge in [0.25, 0.3) is 11.4 Å². The summed E-state index contributed by atoms with van der Waals surface area (Å²) in [6.07, 6.45) is 0. The van der Waals surface area contributed by atoms with E-state index in [1.165, 1.54) is 11.1 Å². The molecule has 2 aromatic heterocycles. The van der Waals surface area contributed by atoms with Crippen LogP contribution >= 0.6 is 0 Å². The lowest BCUT2D eigenvalue weighted by atomic mass is 9.93. The van der Waals surface area contributed by atoms with Gasteiger partial charge in [0.1, 0.15) is 0 Å². The van der Waals surface area contributed by atoms with Gasteiger partial charge in [-0.1, -0.05) is 67.2 Å². The molecule has 1 aliphatic heterocycles. The lowest BCUT2D eigenvalue weighted by Crippen LogP contribution is -2.57. The molecular weight excluding hydrogens is 434 g/mol. The summed E-state index contributed by atoms with van der Waals surface area (Å²) in [5.41, 5.74) is 4.73. The van der Waals surface area contributed by atoms with Crippen LogP contribution in [0.2, 0.25) is 0 Å². The molecule has 0 saturated carbocycles. The Balaban J connectivity index is 1.55. The molecular formula is C29H29N5O. The van der Waals surface area contributed by atoms with Crippen LogP contribution < -0.4 is 10.5 Å². The van der Waals surface area contributed by atoms with Crippen LogP contribution in [0, 0.1) is 6.57 Å². The molecule has 3 heterocycles. The average Bonchev–Trinajstić information content (AvgIpc) is 2.89. The Kier molecular flexibility index (Phi) is 6.10. The molecule has 0 spiro atoms. The van der Waals surface area contributed by atoms with Gasteiger partial charge in [-0.3, -0.25) is 9.69 Å². The van der Waals surface area contributed by atoms with Crippen molar-refractivity contribution in [3.63, 3.8) is 0 Å². The molecule has 0 radical (unpaired) electrons. The van der Waals surface area contributed by atoms with Gasteiger partial charge in [-0.2, -0.15) is 0 Å². The highest BCUT2D eigenvalue weighted by molar-refractivity contribution is 5.89. The average molecular weight is 464 g/mol. The summed E-state index contributed by atoms with van der Waals surface area (Å²) >= 11 is 0. The highest BCUT2D eigenvalue weighted by Gasteiger charge is 2.36. The Hall–Kier alpha value is -3.95. The molecule has 0 bridgehead atoms. The largest absolute Gasteiger partial charge is 0.362 e. The molecule has 1 saturated heterocycles. The number of piperazine rings is 1. The Morgan fingerprint density at radius 2 is 1.54 bits per heavy atom. The fraction of sp³-hybridized carbons (Fsp3) is 0.276. The van der Waals surface area contributed by atoms with Crippen molar-refractivity contribution >= 4 is 22.5 Å². The van der Waals surface area contributed by atoms with Gasteiger partial charge in [-0.15, -0.1) is 4.98 Å². The smallest absolute Gasteiger partial charge is 0.270 e. The summed E-state index contributed by atoms with van der Waals surface area (Å²) in [6, 6.07) is 27.0. The van der Waals surface area contributed by atoms with Gasteiger partial charge < -0.3 is 14.3 Å². The summed E-state index contributed by atoms with van der Waals surface area (Å²) < 4.78 is 1.60. The number of fused-ring (bicyclic) bond motifs is 1. The van der Waals surface area contributed by atoms with Crippen LogP contribution in [0.1, 0.15) is 31.0 Å². The van der Waals surface area contributed by atoms with Crippen molar-refractivity contribution in [2.45, 2.75) is 32.0 Å². The predicted octanol–water partition coefficient (Wildman–Crippen LogP) is 5.17. The fourth-order valence-corrected chi connectivity index (χ4v) is 5.28. The summed E-state index contributed by atoms with van der Waals surface area (Å²) in [4.78, 5) is 25.8. The Labute approximate surface area is 205 Å². The maximum atomic E-state index is 12.8. The molecule has 1 aliphatic rings. The van der Waals surface area contributed by atoms with E-state index in [0.717, 1.165) is 24.3 Å². The SMILES string of the molecule is [C-]#[N+]c1ccc2c(n1)c(N1C[C@@H](C)N(C(c3ccccc3)c3ccccc3)C[C@@H]1C)cc(=O)n2C. The molecule has 6 heteroatoms. The molecule has 6 nitrogen and oxygen atoms in total. The molecule has 1 fully saturated rings. The summed E-state index contributed by atoms with van der Waals surface area (Å²) in [7, 11) is 1.75. The number of benzene rings is 2. The molecule has 0 aliphatic carbocycles. The van der Waals surface area contributed by atoms with E-state index in [4.69, 9.17) is 6.57 Å². The third-order valence-electron chi connectivity index (χ3n) is 7.07. The maximum Gasteiger partial charge on any atom is 0.270 e. The van der Waals surface area contributed by atoms with Crippen molar-refractivity contribution in [3.05, 3.63) is 112 Å². The standard InChI is InChI=1S/C29H29N5O/c1-20-19-34(29(22-11-7-5-8-12-22)23-13-9-6-10-14-23)21(2)18-33(20)25-17-27(35)32(4)24-15-16-26(30-3)31-28(24)25/h5-17,20-21,29H,18-19H2,1-2,4H3/t20-,21+/m0/s1. The molecule has 4 aromatic rings. The number of aromatic nitrogens is 2. The number of hydrogen-bond donors (Lipinski definition) is 0. The second-order valence-corrected chi connectivity index (χ2v) is 9.35. The quantitative estimate of drug-likeness (QED) is 0.392. The minimum Gasteiger partial charge on any atom is -0.362 e. The number of anilines is 1. The zero-order valence-corrected chi connectivity index (χ0v) is 20.3. The second-order valence-electron chi connectivity index (χ2n) is 9.35. The number of aryl methyl sites for hydroxylation is 1. The van der Waals surface area contributed by atoms with Crippen molar-refractivity contribution in [2.75, 3.05) is 18.0 Å². The number of rotatable bonds is 4. The lowest BCUT2D eigenvalue weighted by Gasteiger charge is -2.48. The Morgan fingerprint density at radius 1 is 0.914 bits per heavy atom. The first-order valence-corrected chi connectivity index (χ1v) is 12.0. The first kappa shape index (κ1) is 22.8. The first-order valence-electron chi connectivity index (χ1n) is 12.0. The van der Waals surface area contributed by atoms with Crippen LogP contribution in [0.15, 0.2) is 83.7 Å². The van der Waals surface area contributed by atoms with Crippen LogP contribution in [0.4, 0.5) is 11.5 Å². The summed E-state index contributed by atoms with van der Waals surface area (Å²) in [5.74, 6) is 0.338. The highest BCUT2D eigenvalue weighted by atomic mass is 16.1. The summed E-state index contributed by atoms with van der Waals surface area (Å²) in [5, 5.41) is 0. The monoisotopic (exact) mass is 463 g/mol. The lowest BCUT2D eigenvalue weighted by molar-refractivity contribution is 0.130. The van der Waals surface area contributed by atoms with Gasteiger partial charge in [0.05, 0.1) is 17.2 Å². The van der Waals surface area contributed by atoms with E-state index in [0.29, 0.717) is 11.3 Å². The van der Waals surface area contributed by atoms with Crippen molar-refractivity contribution in [3.8, 4) is 0 Å². The molecule has 35 heavy (non-hydrogen) atoms. The molecule has 0 unspecified atom stereocenters. The highest BCUT2D eigenvalue weighted by Crippen LogP contribution is 2.36. The zero-order chi connectivity index (χ0) is 24.5. The minimum absolute atomic E-state index is 0.0707. The molecule has 2 aromatic carbocycles. The number of hydrogen-bond acceptors (Lipinski definition) is 4. The van der Waals surface area contributed by atoms with Crippen LogP contribution in [0.5, 0.6) is 0 Å². The Bertz CT molecular complexity index is 1400. The first-order chi connectivity index (χ1) is 17.0. The molecule has 5 rings (SSSR count). The normalized spacial score (nSPS) is 18.7. The molecule has 0 amide bonds. The molecule has 2 atom stereocenters. The van der Waals surface area contributed by atoms with E-state index in [1.807, 2.05) is 6.07 Å². The number of pyridine rings is 2. The van der Waals surface area contributed by atoms with E-state index in [9.17, 15) is 4.79 Å². The van der Waals surface area contributed by atoms with E-state index in [2.05, 4.69) is 94.1 Å². The van der Waals surface area contributed by atoms with Gasteiger partial charge in [0.2, 0.25) is 5.52 Å². The van der Waals surface area contributed by atoms with Gasteiger partial charge in [-0.25, -0.2) is 0 Å². The van der Waals surface area contributed by atoms with Crippen LogP contribution in [0.25, 0.3) is 15.9 Å². The van der Waals surface area contributed by atoms with E-state index >= 15 is 0 Å². The van der Waals surface area contributed by atoms with Gasteiger partial charge in [-0.05, 0) is 37.1 Å². The predicted molar refractivity (Wildman–Crippen MR) is 141 cm³/mol. The van der Waals surface area contributed by atoms with Gasteiger partial charge >= 0.3 is 0 Å². The van der Waals surface area contributed by atoms with Crippen molar-refractivity contribution in [1.82, 2.24) is 14.5 Å². The van der Waals surface area contributed by atoms with Crippen molar-refractivity contribution in [2.24, 2.45) is 7.05 Å². The Morgan fingerprint density at radius 3 is 2.14 bits per heavy atom. The van der Waals surface area contributed by atoms with E-state index in [1.54, 1.807) is 23.7 Å². The van der Waals surface area contributed by atoms with Gasteiger partial charge in [0.15, 0.2) is 0 Å². The van der Waals surface area contributed by atoms with Crippen LogP contribution in [-0.4, -0.2) is 39.6 Å². The summed E-state index contributed by atoms with van der Waals surface area (Å²) in [6.45, 7) is 13.4. The molecule has 176 valence electrons. The maximum absolute atomic E-state index is 12.8.